The lowest BCUT2D eigenvalue weighted by atomic mass is 9.86. The van der Waals surface area contributed by atoms with E-state index >= 15 is 0 Å². The molecule has 26 heavy (non-hydrogen) atoms. The van der Waals surface area contributed by atoms with Crippen molar-refractivity contribution in [1.82, 2.24) is 9.55 Å². The van der Waals surface area contributed by atoms with Gasteiger partial charge in [0.25, 0.3) is 0 Å². The van der Waals surface area contributed by atoms with E-state index in [0.717, 1.165) is 10.1 Å². The third-order valence-electron chi connectivity index (χ3n) is 3.58. The molecule has 7 nitrogen and oxygen atoms in total. The van der Waals surface area contributed by atoms with Crippen LogP contribution in [0.4, 0.5) is 4.79 Å². The highest BCUT2D eigenvalue weighted by molar-refractivity contribution is 6.59. The highest BCUT2D eigenvalue weighted by Crippen LogP contribution is 2.26. The Labute approximate surface area is 152 Å². The highest BCUT2D eigenvalue weighted by Gasteiger charge is 2.28. The Morgan fingerprint density at radius 3 is 2.62 bits per heavy atom. The van der Waals surface area contributed by atoms with Crippen molar-refractivity contribution in [3.05, 3.63) is 42.4 Å². The molecule has 2 aromatic rings. The van der Waals surface area contributed by atoms with Crippen LogP contribution >= 0.6 is 0 Å². The third-order valence-corrected chi connectivity index (χ3v) is 3.58. The Hall–Kier alpha value is -2.71. The van der Waals surface area contributed by atoms with Gasteiger partial charge in [-0.3, -0.25) is 14.5 Å². The van der Waals surface area contributed by atoms with Gasteiger partial charge in [-0.1, -0.05) is 6.08 Å². The fourth-order valence-electron chi connectivity index (χ4n) is 2.55. The van der Waals surface area contributed by atoms with E-state index in [2.05, 4.69) is 16.7 Å². The Kier molecular flexibility index (Phi) is 5.79. The number of ether oxygens (including phenoxy) is 1. The molecule has 0 atom stereocenters. The summed E-state index contributed by atoms with van der Waals surface area (Å²) in [6.07, 6.45) is 7.57. The maximum absolute atomic E-state index is 12.6. The Morgan fingerprint density at radius 2 is 2.08 bits per heavy atom. The molecule has 2 rings (SSSR count). The monoisotopic (exact) mass is 355 g/mol. The van der Waals surface area contributed by atoms with Crippen LogP contribution in [0.25, 0.3) is 16.5 Å². The van der Waals surface area contributed by atoms with Crippen LogP contribution in [0.3, 0.4) is 0 Å². The average molecular weight is 355 g/mol. The molecule has 0 aliphatic rings. The molecule has 0 bridgehead atoms. The van der Waals surface area contributed by atoms with Crippen LogP contribution in [0.1, 0.15) is 33.3 Å². The summed E-state index contributed by atoms with van der Waals surface area (Å²) in [6.45, 7) is 10.5. The van der Waals surface area contributed by atoms with Gasteiger partial charge in [0.1, 0.15) is 5.60 Å². The average Bonchev–Trinajstić information content (AvgIpc) is 2.94. The second-order valence-corrected chi connectivity index (χ2v) is 6.62. The number of carbonyl (C=O) groups is 1. The summed E-state index contributed by atoms with van der Waals surface area (Å²) in [5, 5.41) is 20.1. The standard InChI is InChI=1S/C18H22BN3O4/c1-6-12(7-8-20-5)14-10-21-11-15-13(14)9-16(19(24)25)22(15)17(23)26-18(2,3)4/h6-11,24-25H,5H2,1-4H3/b8-7-,12-6+. The summed E-state index contributed by atoms with van der Waals surface area (Å²) < 4.78 is 6.52. The van der Waals surface area contributed by atoms with Gasteiger partial charge in [0.2, 0.25) is 0 Å². The molecule has 0 saturated heterocycles. The van der Waals surface area contributed by atoms with Crippen LogP contribution in [0.5, 0.6) is 0 Å². The summed E-state index contributed by atoms with van der Waals surface area (Å²) in [5.74, 6) is 0. The fourth-order valence-corrected chi connectivity index (χ4v) is 2.55. The fraction of sp³-hybridized carbons (Fsp3) is 0.278. The molecule has 8 heteroatoms. The SMILES string of the molecule is C=N/C=C\C(=C/C)c1cncc2c1cc(B(O)O)n2C(=O)OC(C)(C)C. The largest absolute Gasteiger partial charge is 0.506 e. The van der Waals surface area contributed by atoms with E-state index in [-0.39, 0.29) is 5.59 Å². The second kappa shape index (κ2) is 7.67. The number of hydrogen-bond acceptors (Lipinski definition) is 6. The molecule has 0 aliphatic heterocycles. The quantitative estimate of drug-likeness (QED) is 0.497. The van der Waals surface area contributed by atoms with E-state index in [1.165, 1.54) is 6.20 Å². The van der Waals surface area contributed by atoms with Crippen LogP contribution in [0.15, 0.2) is 41.8 Å². The van der Waals surface area contributed by atoms with Gasteiger partial charge in [-0.15, -0.1) is 0 Å². The zero-order chi connectivity index (χ0) is 19.5. The minimum Gasteiger partial charge on any atom is -0.443 e. The van der Waals surface area contributed by atoms with Crippen molar-refractivity contribution >= 4 is 42.0 Å². The summed E-state index contributed by atoms with van der Waals surface area (Å²) in [6, 6.07) is 1.54. The summed E-state index contributed by atoms with van der Waals surface area (Å²) in [7, 11) is -1.85. The van der Waals surface area contributed by atoms with Crippen LogP contribution in [0, 0.1) is 0 Å². The molecular formula is C18H22BN3O4. The van der Waals surface area contributed by atoms with Crippen LogP contribution in [0.2, 0.25) is 0 Å². The Balaban J connectivity index is 2.72. The Morgan fingerprint density at radius 1 is 1.38 bits per heavy atom. The lowest BCUT2D eigenvalue weighted by molar-refractivity contribution is 0.0547. The number of rotatable bonds is 4. The van der Waals surface area contributed by atoms with E-state index in [1.807, 2.05) is 13.0 Å². The van der Waals surface area contributed by atoms with Gasteiger partial charge in [-0.2, -0.15) is 0 Å². The van der Waals surface area contributed by atoms with Gasteiger partial charge in [-0.05, 0) is 52.1 Å². The van der Waals surface area contributed by atoms with E-state index in [4.69, 9.17) is 4.74 Å². The molecule has 2 aromatic heterocycles. The highest BCUT2D eigenvalue weighted by atomic mass is 16.6. The zero-order valence-electron chi connectivity index (χ0n) is 15.3. The molecule has 0 fully saturated rings. The first-order chi connectivity index (χ1) is 12.2. The van der Waals surface area contributed by atoms with Crippen molar-refractivity contribution in [2.24, 2.45) is 4.99 Å². The second-order valence-electron chi connectivity index (χ2n) is 6.62. The minimum absolute atomic E-state index is 0.00442. The number of pyridine rings is 1. The molecule has 0 spiro atoms. The van der Waals surface area contributed by atoms with Crippen molar-refractivity contribution in [2.75, 3.05) is 0 Å². The van der Waals surface area contributed by atoms with E-state index in [0.29, 0.717) is 16.5 Å². The normalized spacial score (nSPS) is 12.6. The molecular weight excluding hydrogens is 333 g/mol. The maximum atomic E-state index is 12.6. The summed E-state index contributed by atoms with van der Waals surface area (Å²) in [4.78, 5) is 20.5. The third kappa shape index (κ3) is 4.09. The lowest BCUT2D eigenvalue weighted by Crippen LogP contribution is -2.41. The predicted octanol–water partition coefficient (Wildman–Crippen LogP) is 2.12. The van der Waals surface area contributed by atoms with Crippen molar-refractivity contribution in [3.8, 4) is 0 Å². The smallest absolute Gasteiger partial charge is 0.443 e. The van der Waals surface area contributed by atoms with Gasteiger partial charge in [0.05, 0.1) is 17.3 Å². The first kappa shape index (κ1) is 19.6. The number of nitrogens with zero attached hydrogens (tertiary/aromatic N) is 3. The molecule has 2 heterocycles. The lowest BCUT2D eigenvalue weighted by Gasteiger charge is -2.20. The molecule has 0 aromatic carbocycles. The number of aliphatic imine (C=N–C) groups is 1. The van der Waals surface area contributed by atoms with Crippen molar-refractivity contribution < 1.29 is 19.6 Å². The molecule has 136 valence electrons. The molecule has 2 N–H and O–H groups in total. The summed E-state index contributed by atoms with van der Waals surface area (Å²) >= 11 is 0. The topological polar surface area (TPSA) is 96.9 Å². The number of carbonyl (C=O) groups excluding carboxylic acids is 1. The number of aromatic nitrogens is 2. The van der Waals surface area contributed by atoms with Crippen LogP contribution in [-0.2, 0) is 4.74 Å². The van der Waals surface area contributed by atoms with E-state index in [1.54, 1.807) is 45.3 Å². The van der Waals surface area contributed by atoms with Crippen LogP contribution in [-0.4, -0.2) is 45.1 Å². The van der Waals surface area contributed by atoms with Gasteiger partial charge in [0, 0.05) is 23.3 Å². The first-order valence-corrected chi connectivity index (χ1v) is 8.07. The van der Waals surface area contributed by atoms with Crippen molar-refractivity contribution in [2.45, 2.75) is 33.3 Å². The summed E-state index contributed by atoms with van der Waals surface area (Å²) in [5.41, 5.74) is 1.21. The molecule has 0 amide bonds. The predicted molar refractivity (Wildman–Crippen MR) is 104 cm³/mol. The Bertz CT molecular complexity index is 892. The number of hydrogen-bond donors (Lipinski definition) is 2. The van der Waals surface area contributed by atoms with Gasteiger partial charge in [-0.25, -0.2) is 4.79 Å². The molecule has 0 saturated carbocycles. The number of fused-ring (bicyclic) bond motifs is 1. The van der Waals surface area contributed by atoms with Gasteiger partial charge in [0.15, 0.2) is 0 Å². The minimum atomic E-state index is -1.85. The van der Waals surface area contributed by atoms with Crippen molar-refractivity contribution in [1.29, 1.82) is 0 Å². The first-order valence-electron chi connectivity index (χ1n) is 8.07. The van der Waals surface area contributed by atoms with Crippen molar-refractivity contribution in [3.63, 3.8) is 0 Å². The van der Waals surface area contributed by atoms with Gasteiger partial charge < -0.3 is 14.8 Å². The van der Waals surface area contributed by atoms with E-state index in [9.17, 15) is 14.8 Å². The molecule has 0 unspecified atom stereocenters. The maximum Gasteiger partial charge on any atom is 0.506 e. The number of allylic oxidation sites excluding steroid dienone is 3. The van der Waals surface area contributed by atoms with E-state index < -0.39 is 18.8 Å². The zero-order valence-corrected chi connectivity index (χ0v) is 15.3. The molecule has 0 aliphatic carbocycles. The van der Waals surface area contributed by atoms with Crippen LogP contribution < -0.4 is 5.59 Å². The molecule has 0 radical (unpaired) electrons. The van der Waals surface area contributed by atoms with Gasteiger partial charge >= 0.3 is 13.2 Å².